The van der Waals surface area contributed by atoms with Crippen molar-refractivity contribution >= 4 is 10.8 Å². The normalized spacial score (nSPS) is 28.4. The first-order chi connectivity index (χ1) is 13.1. The van der Waals surface area contributed by atoms with Crippen molar-refractivity contribution in [2.45, 2.75) is 57.5 Å². The van der Waals surface area contributed by atoms with E-state index in [4.69, 9.17) is 0 Å². The summed E-state index contributed by atoms with van der Waals surface area (Å²) in [7, 11) is 0. The summed E-state index contributed by atoms with van der Waals surface area (Å²) < 4.78 is 83.8. The molecule has 0 aromatic heterocycles. The maximum atomic E-state index is 14.9. The number of halogens is 6. The first-order valence-electron chi connectivity index (χ1n) is 9.83. The molecule has 6 heteroatoms. The van der Waals surface area contributed by atoms with E-state index in [-0.39, 0.29) is 10.9 Å². The zero-order chi connectivity index (χ0) is 20.2. The maximum absolute atomic E-state index is 14.9. The summed E-state index contributed by atoms with van der Waals surface area (Å²) in [4.78, 5) is 0. The molecule has 0 aliphatic heterocycles. The molecule has 4 atom stereocenters. The molecule has 28 heavy (non-hydrogen) atoms. The number of hydrogen-bond acceptors (Lipinski definition) is 0. The fourth-order valence-corrected chi connectivity index (χ4v) is 5.45. The smallest absolute Gasteiger partial charge is 0.207 e. The molecule has 0 amide bonds. The zero-order valence-electron chi connectivity index (χ0n) is 15.6. The molecule has 0 heterocycles. The number of fused-ring (bicyclic) bond motifs is 2. The molecule has 2 saturated carbocycles. The van der Waals surface area contributed by atoms with Crippen molar-refractivity contribution in [1.82, 2.24) is 0 Å². The van der Waals surface area contributed by atoms with Crippen molar-refractivity contribution in [3.8, 4) is 0 Å². The van der Waals surface area contributed by atoms with Crippen LogP contribution in [0.3, 0.4) is 0 Å². The minimum Gasteiger partial charge on any atom is -0.207 e. The maximum Gasteiger partial charge on any atom is 0.419 e. The van der Waals surface area contributed by atoms with Crippen LogP contribution in [-0.2, 0) is 6.18 Å². The van der Waals surface area contributed by atoms with Gasteiger partial charge in [-0.1, -0.05) is 13.3 Å². The Bertz CT molecular complexity index is 900. The molecular weight excluding hydrogens is 378 g/mol. The molecule has 0 bridgehead atoms. The summed E-state index contributed by atoms with van der Waals surface area (Å²) in [6.07, 6.45) is 0.112. The van der Waals surface area contributed by atoms with E-state index in [9.17, 15) is 26.3 Å². The minimum absolute atomic E-state index is 0.153. The fourth-order valence-electron chi connectivity index (χ4n) is 5.45. The molecule has 0 N–H and O–H groups in total. The van der Waals surface area contributed by atoms with Gasteiger partial charge >= 0.3 is 6.18 Å². The van der Waals surface area contributed by atoms with E-state index in [0.29, 0.717) is 36.7 Å². The van der Waals surface area contributed by atoms with Gasteiger partial charge in [0.05, 0.1) is 10.9 Å². The van der Waals surface area contributed by atoms with Crippen LogP contribution in [0.5, 0.6) is 0 Å². The van der Waals surface area contributed by atoms with E-state index < -0.39 is 40.5 Å². The Labute approximate surface area is 159 Å². The van der Waals surface area contributed by atoms with Crippen LogP contribution in [0.4, 0.5) is 26.3 Å². The Morgan fingerprint density at radius 3 is 2.25 bits per heavy atom. The van der Waals surface area contributed by atoms with Gasteiger partial charge in [0.25, 0.3) is 0 Å². The average molecular weight is 400 g/mol. The van der Waals surface area contributed by atoms with Gasteiger partial charge in [0.1, 0.15) is 17.5 Å². The lowest BCUT2D eigenvalue weighted by molar-refractivity contribution is -0.140. The molecule has 0 radical (unpaired) electrons. The Hall–Kier alpha value is -1.72. The van der Waals surface area contributed by atoms with E-state index >= 15 is 0 Å². The average Bonchev–Trinajstić information content (AvgIpc) is 2.59. The number of benzene rings is 2. The van der Waals surface area contributed by atoms with E-state index in [0.717, 1.165) is 37.8 Å². The summed E-state index contributed by atoms with van der Waals surface area (Å²) in [6.45, 7) is 2.20. The van der Waals surface area contributed by atoms with Crippen LogP contribution >= 0.6 is 0 Å². The molecule has 2 aromatic rings. The number of hydrogen-bond donors (Lipinski definition) is 0. The van der Waals surface area contributed by atoms with E-state index in [1.54, 1.807) is 0 Å². The van der Waals surface area contributed by atoms with E-state index in [1.807, 2.05) is 0 Å². The standard InChI is InChI=1S/C22H22F6/c1-11-2-3-13-7-14(5-4-12(13)6-11)17-9-15-8-16(23)10-18(24)19(15)21(25)20(17)22(26,27)28/h8-14H,2-7H2,1H3. The SMILES string of the molecule is CC1CCC2CC(c3cc4cc(F)cc(F)c4c(F)c3C(F)(F)F)CCC2C1. The Morgan fingerprint density at radius 2 is 1.54 bits per heavy atom. The van der Waals surface area contributed by atoms with Gasteiger partial charge in [-0.3, -0.25) is 0 Å². The zero-order valence-corrected chi connectivity index (χ0v) is 15.6. The molecule has 2 aromatic carbocycles. The van der Waals surface area contributed by atoms with Crippen molar-refractivity contribution in [1.29, 1.82) is 0 Å². The van der Waals surface area contributed by atoms with Gasteiger partial charge in [-0.2, -0.15) is 13.2 Å². The molecule has 152 valence electrons. The third-order valence-corrected chi connectivity index (χ3v) is 6.72. The van der Waals surface area contributed by atoms with Gasteiger partial charge < -0.3 is 0 Å². The first kappa shape index (κ1) is 19.6. The summed E-state index contributed by atoms with van der Waals surface area (Å²) in [5.41, 5.74) is -1.54. The van der Waals surface area contributed by atoms with Crippen LogP contribution in [-0.4, -0.2) is 0 Å². The highest BCUT2D eigenvalue weighted by Crippen LogP contribution is 2.50. The number of rotatable bonds is 1. The van der Waals surface area contributed by atoms with Crippen molar-refractivity contribution in [3.63, 3.8) is 0 Å². The van der Waals surface area contributed by atoms with Gasteiger partial charge in [-0.25, -0.2) is 13.2 Å². The highest BCUT2D eigenvalue weighted by atomic mass is 19.4. The Kier molecular flexibility index (Phi) is 4.87. The third-order valence-electron chi connectivity index (χ3n) is 6.72. The van der Waals surface area contributed by atoms with Crippen molar-refractivity contribution in [2.75, 3.05) is 0 Å². The monoisotopic (exact) mass is 400 g/mol. The van der Waals surface area contributed by atoms with Crippen LogP contribution in [0.2, 0.25) is 0 Å². The van der Waals surface area contributed by atoms with Crippen molar-refractivity contribution in [2.24, 2.45) is 17.8 Å². The molecule has 4 rings (SSSR count). The highest BCUT2D eigenvalue weighted by molar-refractivity contribution is 5.86. The molecular formula is C22H22F6. The van der Waals surface area contributed by atoms with Gasteiger partial charge in [-0.05, 0) is 78.9 Å². The summed E-state index contributed by atoms with van der Waals surface area (Å²) in [5.74, 6) is -2.84. The van der Waals surface area contributed by atoms with E-state index in [2.05, 4.69) is 6.92 Å². The summed E-state index contributed by atoms with van der Waals surface area (Å²) in [5, 5.41) is -0.949. The van der Waals surface area contributed by atoms with Crippen LogP contribution < -0.4 is 0 Å². The lowest BCUT2D eigenvalue weighted by Gasteiger charge is -2.42. The Balaban J connectivity index is 1.82. The van der Waals surface area contributed by atoms with Crippen molar-refractivity contribution in [3.05, 3.63) is 46.8 Å². The van der Waals surface area contributed by atoms with Crippen LogP contribution in [0.25, 0.3) is 10.8 Å². The summed E-state index contributed by atoms with van der Waals surface area (Å²) >= 11 is 0. The van der Waals surface area contributed by atoms with Crippen LogP contribution in [0, 0.1) is 35.2 Å². The van der Waals surface area contributed by atoms with Crippen LogP contribution in [0.1, 0.15) is 62.5 Å². The minimum atomic E-state index is -4.94. The molecule has 2 aliphatic rings. The molecule has 0 saturated heterocycles. The predicted octanol–water partition coefficient (Wildman–Crippen LogP) is 7.60. The predicted molar refractivity (Wildman–Crippen MR) is 95.4 cm³/mol. The molecule has 2 fully saturated rings. The topological polar surface area (TPSA) is 0 Å². The molecule has 4 unspecified atom stereocenters. The highest BCUT2D eigenvalue weighted by Gasteiger charge is 2.42. The lowest BCUT2D eigenvalue weighted by Crippen LogP contribution is -2.30. The second-order valence-corrected chi connectivity index (χ2v) is 8.59. The lowest BCUT2D eigenvalue weighted by atomic mass is 9.63. The second-order valence-electron chi connectivity index (χ2n) is 8.59. The second kappa shape index (κ2) is 6.96. The number of alkyl halides is 3. The van der Waals surface area contributed by atoms with Crippen LogP contribution in [0.15, 0.2) is 18.2 Å². The van der Waals surface area contributed by atoms with Gasteiger partial charge in [0.2, 0.25) is 0 Å². The van der Waals surface area contributed by atoms with E-state index in [1.165, 1.54) is 0 Å². The summed E-state index contributed by atoms with van der Waals surface area (Å²) in [6, 6.07) is 2.47. The molecule has 2 aliphatic carbocycles. The Morgan fingerprint density at radius 1 is 0.857 bits per heavy atom. The van der Waals surface area contributed by atoms with Gasteiger partial charge in [0, 0.05) is 6.07 Å². The first-order valence-corrected chi connectivity index (χ1v) is 9.83. The van der Waals surface area contributed by atoms with Gasteiger partial charge in [0.15, 0.2) is 0 Å². The fraction of sp³-hybridized carbons (Fsp3) is 0.545. The third kappa shape index (κ3) is 3.39. The largest absolute Gasteiger partial charge is 0.419 e. The van der Waals surface area contributed by atoms with Gasteiger partial charge in [-0.15, -0.1) is 0 Å². The van der Waals surface area contributed by atoms with Crippen molar-refractivity contribution < 1.29 is 26.3 Å². The molecule has 0 spiro atoms. The quantitative estimate of drug-likeness (QED) is 0.433. The molecule has 0 nitrogen and oxygen atoms in total.